The molecule has 9 heteroatoms. The lowest BCUT2D eigenvalue weighted by molar-refractivity contribution is -0.116. The number of carbonyl (C=O) groups excluding carboxylic acids is 1. The van der Waals surface area contributed by atoms with Crippen LogP contribution in [0, 0.1) is 0 Å². The van der Waals surface area contributed by atoms with Gasteiger partial charge in [0.2, 0.25) is 15.9 Å². The Morgan fingerprint density at radius 1 is 1.10 bits per heavy atom. The van der Waals surface area contributed by atoms with Gasteiger partial charge < -0.3 is 10.2 Å². The van der Waals surface area contributed by atoms with Crippen LogP contribution in [0.4, 0.5) is 17.1 Å². The normalized spacial score (nSPS) is 14.0. The number of benzene rings is 2. The van der Waals surface area contributed by atoms with Gasteiger partial charge in [0.1, 0.15) is 0 Å². The lowest BCUT2D eigenvalue weighted by atomic mass is 10.2. The van der Waals surface area contributed by atoms with Crippen LogP contribution in [-0.4, -0.2) is 40.2 Å². The largest absolute Gasteiger partial charge is 0.372 e. The summed E-state index contributed by atoms with van der Waals surface area (Å²) in [6, 6.07) is 12.4. The minimum atomic E-state index is -3.57. The van der Waals surface area contributed by atoms with Crippen molar-refractivity contribution in [2.24, 2.45) is 0 Å². The molecule has 0 saturated carbocycles. The van der Waals surface area contributed by atoms with Gasteiger partial charge in [0.05, 0.1) is 17.0 Å². The number of amides is 1. The molecule has 1 aliphatic rings. The zero-order valence-electron chi connectivity index (χ0n) is 16.8. The van der Waals surface area contributed by atoms with Crippen molar-refractivity contribution in [2.75, 3.05) is 40.4 Å². The highest BCUT2D eigenvalue weighted by atomic mass is 35.5. The third-order valence-corrected chi connectivity index (χ3v) is 6.70. The van der Waals surface area contributed by atoms with Crippen LogP contribution in [0.5, 0.6) is 0 Å². The molecule has 1 aliphatic heterocycles. The predicted octanol–water partition coefficient (Wildman–Crippen LogP) is 4.78. The second kappa shape index (κ2) is 9.90. The minimum Gasteiger partial charge on any atom is -0.372 e. The Hall–Kier alpha value is -1.96. The van der Waals surface area contributed by atoms with Gasteiger partial charge in [0.15, 0.2) is 0 Å². The SMILES string of the molecule is CS(=O)(=O)N(CCCC(=O)Nc1ccc(N2CCCC2)cc1)c1cc(Cl)ccc1Cl. The minimum absolute atomic E-state index is 0.125. The van der Waals surface area contributed by atoms with E-state index >= 15 is 0 Å². The first kappa shape index (κ1) is 22.7. The van der Waals surface area contributed by atoms with E-state index in [0.29, 0.717) is 17.1 Å². The molecule has 0 unspecified atom stereocenters. The van der Waals surface area contributed by atoms with E-state index in [2.05, 4.69) is 10.2 Å². The molecule has 2 aromatic carbocycles. The van der Waals surface area contributed by atoms with Crippen molar-refractivity contribution in [1.82, 2.24) is 0 Å². The molecule has 0 aromatic heterocycles. The first-order valence-electron chi connectivity index (χ1n) is 9.82. The summed E-state index contributed by atoms with van der Waals surface area (Å²) in [6.07, 6.45) is 4.05. The van der Waals surface area contributed by atoms with Crippen LogP contribution in [0.3, 0.4) is 0 Å². The highest BCUT2D eigenvalue weighted by Gasteiger charge is 2.20. The van der Waals surface area contributed by atoms with Crippen molar-refractivity contribution in [2.45, 2.75) is 25.7 Å². The quantitative estimate of drug-likeness (QED) is 0.603. The monoisotopic (exact) mass is 469 g/mol. The van der Waals surface area contributed by atoms with Crippen molar-refractivity contribution in [3.63, 3.8) is 0 Å². The van der Waals surface area contributed by atoms with Gasteiger partial charge in [-0.2, -0.15) is 0 Å². The summed E-state index contributed by atoms with van der Waals surface area (Å²) in [5.41, 5.74) is 2.19. The Balaban J connectivity index is 1.56. The maximum absolute atomic E-state index is 12.3. The van der Waals surface area contributed by atoms with Crippen molar-refractivity contribution < 1.29 is 13.2 Å². The molecule has 1 fully saturated rings. The summed E-state index contributed by atoms with van der Waals surface area (Å²) in [6.45, 7) is 2.26. The summed E-state index contributed by atoms with van der Waals surface area (Å²) in [5.74, 6) is -0.172. The fourth-order valence-electron chi connectivity index (χ4n) is 3.48. The summed E-state index contributed by atoms with van der Waals surface area (Å²) >= 11 is 12.1. The summed E-state index contributed by atoms with van der Waals surface area (Å²) in [5, 5.41) is 3.53. The Morgan fingerprint density at radius 3 is 2.40 bits per heavy atom. The van der Waals surface area contributed by atoms with Gasteiger partial charge in [-0.1, -0.05) is 23.2 Å². The van der Waals surface area contributed by atoms with Gasteiger partial charge in [0, 0.05) is 42.5 Å². The van der Waals surface area contributed by atoms with Crippen LogP contribution >= 0.6 is 23.2 Å². The van der Waals surface area contributed by atoms with E-state index in [9.17, 15) is 13.2 Å². The molecular formula is C21H25Cl2N3O3S. The molecule has 0 radical (unpaired) electrons. The van der Waals surface area contributed by atoms with Crippen LogP contribution in [-0.2, 0) is 14.8 Å². The highest BCUT2D eigenvalue weighted by molar-refractivity contribution is 7.92. The lowest BCUT2D eigenvalue weighted by Gasteiger charge is -2.23. The molecule has 30 heavy (non-hydrogen) atoms. The zero-order valence-corrected chi connectivity index (χ0v) is 19.1. The molecule has 3 rings (SSSR count). The van der Waals surface area contributed by atoms with Gasteiger partial charge in [0.25, 0.3) is 0 Å². The average molecular weight is 470 g/mol. The molecule has 1 heterocycles. The van der Waals surface area contributed by atoms with Crippen LogP contribution < -0.4 is 14.5 Å². The summed E-state index contributed by atoms with van der Waals surface area (Å²) < 4.78 is 25.6. The third-order valence-electron chi connectivity index (χ3n) is 4.96. The van der Waals surface area contributed by atoms with E-state index in [-0.39, 0.29) is 23.9 Å². The molecule has 1 saturated heterocycles. The topological polar surface area (TPSA) is 69.7 Å². The van der Waals surface area contributed by atoms with Gasteiger partial charge in [-0.3, -0.25) is 9.10 Å². The number of hydrogen-bond donors (Lipinski definition) is 1. The number of anilines is 3. The first-order valence-corrected chi connectivity index (χ1v) is 12.4. The standard InChI is InChI=1S/C21H25Cl2N3O3S/c1-30(28,29)26(20-15-16(22)6-11-19(20)23)14-4-5-21(27)24-17-7-9-18(10-8-17)25-12-2-3-13-25/h6-11,15H,2-5,12-14H2,1H3,(H,24,27). The third kappa shape index (κ3) is 6.03. The highest BCUT2D eigenvalue weighted by Crippen LogP contribution is 2.31. The second-order valence-corrected chi connectivity index (χ2v) is 10.1. The summed E-state index contributed by atoms with van der Waals surface area (Å²) in [7, 11) is -3.57. The molecule has 0 aliphatic carbocycles. The van der Waals surface area contributed by atoms with E-state index in [4.69, 9.17) is 23.2 Å². The van der Waals surface area contributed by atoms with Crippen LogP contribution in [0.15, 0.2) is 42.5 Å². The van der Waals surface area contributed by atoms with Crippen LogP contribution in [0.25, 0.3) is 0 Å². The van der Waals surface area contributed by atoms with Gasteiger partial charge >= 0.3 is 0 Å². The zero-order chi connectivity index (χ0) is 21.7. The number of rotatable bonds is 8. The molecule has 1 N–H and O–H groups in total. The first-order chi connectivity index (χ1) is 14.2. The number of nitrogens with one attached hydrogen (secondary N) is 1. The Kier molecular flexibility index (Phi) is 7.50. The van der Waals surface area contributed by atoms with E-state index < -0.39 is 10.0 Å². The molecule has 2 aromatic rings. The van der Waals surface area contributed by atoms with Gasteiger partial charge in [-0.15, -0.1) is 0 Å². The molecule has 6 nitrogen and oxygen atoms in total. The van der Waals surface area contributed by atoms with Crippen molar-refractivity contribution in [3.05, 3.63) is 52.5 Å². The summed E-state index contributed by atoms with van der Waals surface area (Å²) in [4.78, 5) is 14.6. The number of nitrogens with zero attached hydrogens (tertiary/aromatic N) is 2. The van der Waals surface area contributed by atoms with Gasteiger partial charge in [-0.05, 0) is 61.7 Å². The predicted molar refractivity (Wildman–Crippen MR) is 124 cm³/mol. The molecule has 162 valence electrons. The molecule has 0 spiro atoms. The van der Waals surface area contributed by atoms with Crippen LogP contribution in [0.1, 0.15) is 25.7 Å². The van der Waals surface area contributed by atoms with E-state index in [1.807, 2.05) is 24.3 Å². The number of carbonyl (C=O) groups is 1. The van der Waals surface area contributed by atoms with E-state index in [1.165, 1.54) is 23.2 Å². The number of halogens is 2. The van der Waals surface area contributed by atoms with Gasteiger partial charge in [-0.25, -0.2) is 8.42 Å². The Bertz CT molecular complexity index is 991. The fourth-order valence-corrected chi connectivity index (χ4v) is 4.88. The fraction of sp³-hybridized carbons (Fsp3) is 0.381. The Labute approximate surface area is 187 Å². The van der Waals surface area contributed by atoms with E-state index in [1.54, 1.807) is 12.1 Å². The molecule has 0 bridgehead atoms. The second-order valence-electron chi connectivity index (χ2n) is 7.32. The number of sulfonamides is 1. The maximum atomic E-state index is 12.3. The molecule has 0 atom stereocenters. The molecule has 1 amide bonds. The average Bonchev–Trinajstić information content (AvgIpc) is 3.22. The smallest absolute Gasteiger partial charge is 0.232 e. The van der Waals surface area contributed by atoms with Crippen molar-refractivity contribution in [3.8, 4) is 0 Å². The lowest BCUT2D eigenvalue weighted by Crippen LogP contribution is -2.31. The van der Waals surface area contributed by atoms with Crippen LogP contribution in [0.2, 0.25) is 10.0 Å². The van der Waals surface area contributed by atoms with Crippen molar-refractivity contribution >= 4 is 56.2 Å². The number of hydrogen-bond acceptors (Lipinski definition) is 4. The molecular weight excluding hydrogens is 445 g/mol. The Morgan fingerprint density at radius 2 is 1.77 bits per heavy atom. The maximum Gasteiger partial charge on any atom is 0.232 e. The van der Waals surface area contributed by atoms with E-state index in [0.717, 1.165) is 30.7 Å². The van der Waals surface area contributed by atoms with Crippen molar-refractivity contribution in [1.29, 1.82) is 0 Å².